The summed E-state index contributed by atoms with van der Waals surface area (Å²) in [7, 11) is 0. The summed E-state index contributed by atoms with van der Waals surface area (Å²) < 4.78 is 6.73. The predicted octanol–water partition coefficient (Wildman–Crippen LogP) is 5.89. The SMILES string of the molecule is CCOC(=O)c1cnn(-c2ccccc2)c1NC(=O)c1cc(-c2ccc(C)s2)nc2ccccc12. The van der Waals surface area contributed by atoms with Crippen LogP contribution in [-0.4, -0.2) is 33.2 Å². The predicted molar refractivity (Wildman–Crippen MR) is 137 cm³/mol. The van der Waals surface area contributed by atoms with Gasteiger partial charge in [0.1, 0.15) is 5.56 Å². The lowest BCUT2D eigenvalue weighted by Gasteiger charge is -2.13. The van der Waals surface area contributed by atoms with Crippen LogP contribution in [0.2, 0.25) is 0 Å². The molecule has 0 unspecified atom stereocenters. The fourth-order valence-corrected chi connectivity index (χ4v) is 4.66. The summed E-state index contributed by atoms with van der Waals surface area (Å²) in [5.74, 6) is -0.685. The summed E-state index contributed by atoms with van der Waals surface area (Å²) >= 11 is 1.62. The largest absolute Gasteiger partial charge is 0.462 e. The van der Waals surface area contributed by atoms with E-state index in [9.17, 15) is 9.59 Å². The summed E-state index contributed by atoms with van der Waals surface area (Å²) in [6, 6.07) is 22.6. The van der Waals surface area contributed by atoms with Gasteiger partial charge in [0, 0.05) is 10.3 Å². The van der Waals surface area contributed by atoms with Crippen molar-refractivity contribution >= 4 is 39.9 Å². The monoisotopic (exact) mass is 482 g/mol. The molecule has 174 valence electrons. The number of ether oxygens (including phenoxy) is 1. The number of pyridine rings is 1. The maximum Gasteiger partial charge on any atom is 0.343 e. The molecule has 0 atom stereocenters. The third-order valence-electron chi connectivity index (χ3n) is 5.45. The van der Waals surface area contributed by atoms with E-state index in [2.05, 4.69) is 10.4 Å². The maximum atomic E-state index is 13.7. The number of esters is 1. The number of rotatable bonds is 6. The summed E-state index contributed by atoms with van der Waals surface area (Å²) in [5, 5.41) is 8.00. The lowest BCUT2D eigenvalue weighted by Crippen LogP contribution is -2.18. The highest BCUT2D eigenvalue weighted by atomic mass is 32.1. The maximum absolute atomic E-state index is 13.7. The topological polar surface area (TPSA) is 86.1 Å². The molecule has 7 nitrogen and oxygen atoms in total. The first-order valence-electron chi connectivity index (χ1n) is 11.1. The quantitative estimate of drug-likeness (QED) is 0.305. The van der Waals surface area contributed by atoms with Crippen molar-refractivity contribution in [3.8, 4) is 16.3 Å². The van der Waals surface area contributed by atoms with Gasteiger partial charge in [0.15, 0.2) is 5.82 Å². The number of carbonyl (C=O) groups is 2. The van der Waals surface area contributed by atoms with E-state index in [4.69, 9.17) is 9.72 Å². The minimum absolute atomic E-state index is 0.177. The van der Waals surface area contributed by atoms with Gasteiger partial charge in [-0.1, -0.05) is 36.4 Å². The first-order chi connectivity index (χ1) is 17.0. The first kappa shape index (κ1) is 22.5. The van der Waals surface area contributed by atoms with Gasteiger partial charge < -0.3 is 10.1 Å². The molecule has 0 bridgehead atoms. The number of hydrogen-bond donors (Lipinski definition) is 1. The minimum atomic E-state index is -0.556. The van der Waals surface area contributed by atoms with E-state index >= 15 is 0 Å². The minimum Gasteiger partial charge on any atom is -0.462 e. The van der Waals surface area contributed by atoms with Gasteiger partial charge in [-0.05, 0) is 50.2 Å². The zero-order chi connectivity index (χ0) is 24.4. The van der Waals surface area contributed by atoms with E-state index in [1.807, 2.05) is 73.7 Å². The third kappa shape index (κ3) is 4.43. The van der Waals surface area contributed by atoms with Crippen LogP contribution in [0.25, 0.3) is 27.2 Å². The molecule has 5 rings (SSSR count). The van der Waals surface area contributed by atoms with Gasteiger partial charge in [-0.2, -0.15) is 5.10 Å². The second kappa shape index (κ2) is 9.52. The molecular formula is C27H22N4O3S. The Labute approximate surface area is 206 Å². The number of fused-ring (bicyclic) bond motifs is 1. The third-order valence-corrected chi connectivity index (χ3v) is 6.47. The van der Waals surface area contributed by atoms with Crippen LogP contribution in [-0.2, 0) is 4.74 Å². The van der Waals surface area contributed by atoms with E-state index in [-0.39, 0.29) is 23.9 Å². The number of carbonyl (C=O) groups excluding carboxylic acids is 2. The number of thiophene rings is 1. The van der Waals surface area contributed by atoms with Gasteiger partial charge >= 0.3 is 5.97 Å². The van der Waals surface area contributed by atoms with Crippen molar-refractivity contribution < 1.29 is 14.3 Å². The molecule has 8 heteroatoms. The van der Waals surface area contributed by atoms with Crippen LogP contribution in [0.5, 0.6) is 0 Å². The van der Waals surface area contributed by atoms with Crippen molar-refractivity contribution in [2.24, 2.45) is 0 Å². The number of aromatic nitrogens is 3. The standard InChI is InChI=1S/C27H22N4O3S/c1-3-34-27(33)21-16-28-31(18-9-5-4-6-10-18)25(21)30-26(32)20-15-23(24-14-13-17(2)35-24)29-22-12-8-7-11-19(20)22/h4-16H,3H2,1-2H3,(H,30,32). The summed E-state index contributed by atoms with van der Waals surface area (Å²) in [4.78, 5) is 33.3. The molecular weight excluding hydrogens is 460 g/mol. The van der Waals surface area contributed by atoms with Crippen molar-refractivity contribution in [2.75, 3.05) is 11.9 Å². The molecule has 2 aromatic carbocycles. The number of nitrogens with one attached hydrogen (secondary N) is 1. The molecule has 0 aliphatic rings. The van der Waals surface area contributed by atoms with Crippen LogP contribution in [0.15, 0.2) is 79.0 Å². The van der Waals surface area contributed by atoms with Crippen LogP contribution in [0.3, 0.4) is 0 Å². The Bertz CT molecular complexity index is 1540. The average molecular weight is 483 g/mol. The Kier molecular flexibility index (Phi) is 6.12. The molecule has 35 heavy (non-hydrogen) atoms. The van der Waals surface area contributed by atoms with Crippen molar-refractivity contribution in [2.45, 2.75) is 13.8 Å². The number of nitrogens with zero attached hydrogens (tertiary/aromatic N) is 3. The Hall–Kier alpha value is -4.30. The van der Waals surface area contributed by atoms with Crippen molar-refractivity contribution in [1.29, 1.82) is 0 Å². The molecule has 1 N–H and O–H groups in total. The molecule has 0 fully saturated rings. The van der Waals surface area contributed by atoms with Crippen molar-refractivity contribution in [3.05, 3.63) is 95.0 Å². The first-order valence-corrected chi connectivity index (χ1v) is 12.0. The molecule has 0 spiro atoms. The number of amides is 1. The summed E-state index contributed by atoms with van der Waals surface area (Å²) in [6.45, 7) is 3.97. The number of hydrogen-bond acceptors (Lipinski definition) is 6. The lowest BCUT2D eigenvalue weighted by atomic mass is 10.1. The van der Waals surface area contributed by atoms with E-state index in [0.717, 1.165) is 9.75 Å². The number of para-hydroxylation sites is 2. The Morgan fingerprint density at radius 1 is 1.00 bits per heavy atom. The second-order valence-electron chi connectivity index (χ2n) is 7.81. The van der Waals surface area contributed by atoms with Gasteiger partial charge in [-0.25, -0.2) is 14.5 Å². The number of anilines is 1. The van der Waals surface area contributed by atoms with Crippen molar-refractivity contribution in [1.82, 2.24) is 14.8 Å². The zero-order valence-corrected chi connectivity index (χ0v) is 20.0. The molecule has 0 saturated heterocycles. The molecule has 5 aromatic rings. The summed E-state index contributed by atoms with van der Waals surface area (Å²) in [6.07, 6.45) is 1.41. The van der Waals surface area contributed by atoms with Gasteiger partial charge in [-0.3, -0.25) is 4.79 Å². The molecule has 0 saturated carbocycles. The van der Waals surface area contributed by atoms with Crippen LogP contribution in [0.1, 0.15) is 32.5 Å². The molecule has 1 amide bonds. The normalized spacial score (nSPS) is 10.9. The van der Waals surface area contributed by atoms with Crippen LogP contribution in [0, 0.1) is 6.92 Å². The second-order valence-corrected chi connectivity index (χ2v) is 9.10. The van der Waals surface area contributed by atoms with Crippen LogP contribution in [0.4, 0.5) is 5.82 Å². The summed E-state index contributed by atoms with van der Waals surface area (Å²) in [5.41, 5.74) is 2.76. The van der Waals surface area contributed by atoms with E-state index in [1.54, 1.807) is 24.3 Å². The highest BCUT2D eigenvalue weighted by molar-refractivity contribution is 7.15. The highest BCUT2D eigenvalue weighted by Gasteiger charge is 2.23. The van der Waals surface area contributed by atoms with Gasteiger partial charge in [-0.15, -0.1) is 11.3 Å². The number of benzene rings is 2. The zero-order valence-electron chi connectivity index (χ0n) is 19.2. The Morgan fingerprint density at radius 2 is 1.77 bits per heavy atom. The van der Waals surface area contributed by atoms with Gasteiger partial charge in [0.05, 0.1) is 40.1 Å². The Balaban J connectivity index is 1.61. The molecule has 0 aliphatic heterocycles. The van der Waals surface area contributed by atoms with Gasteiger partial charge in [0.25, 0.3) is 5.91 Å². The molecule has 3 heterocycles. The van der Waals surface area contributed by atoms with Crippen LogP contribution >= 0.6 is 11.3 Å². The molecule has 3 aromatic heterocycles. The smallest absolute Gasteiger partial charge is 0.343 e. The fraction of sp³-hybridized carbons (Fsp3) is 0.111. The lowest BCUT2D eigenvalue weighted by molar-refractivity contribution is 0.0527. The van der Waals surface area contributed by atoms with E-state index in [1.165, 1.54) is 10.9 Å². The average Bonchev–Trinajstić information content (AvgIpc) is 3.50. The number of aryl methyl sites for hydroxylation is 1. The molecule has 0 aliphatic carbocycles. The van der Waals surface area contributed by atoms with Crippen molar-refractivity contribution in [3.63, 3.8) is 0 Å². The van der Waals surface area contributed by atoms with E-state index < -0.39 is 5.97 Å². The fourth-order valence-electron chi connectivity index (χ4n) is 3.83. The highest BCUT2D eigenvalue weighted by Crippen LogP contribution is 2.31. The van der Waals surface area contributed by atoms with Gasteiger partial charge in [0.2, 0.25) is 0 Å². The molecule has 0 radical (unpaired) electrons. The Morgan fingerprint density at radius 3 is 2.51 bits per heavy atom. The van der Waals surface area contributed by atoms with E-state index in [0.29, 0.717) is 27.8 Å². The van der Waals surface area contributed by atoms with Crippen LogP contribution < -0.4 is 5.32 Å².